The van der Waals surface area contributed by atoms with E-state index in [9.17, 15) is 8.42 Å². The summed E-state index contributed by atoms with van der Waals surface area (Å²) in [5.74, 6) is 2.08. The largest absolute Gasteiger partial charge is 0.496 e. The molecule has 26 heavy (non-hydrogen) atoms. The number of halogens is 1. The molecule has 0 unspecified atom stereocenters. The van der Waals surface area contributed by atoms with E-state index in [0.717, 1.165) is 21.4 Å². The van der Waals surface area contributed by atoms with Crippen molar-refractivity contribution in [3.63, 3.8) is 0 Å². The second-order valence-electron chi connectivity index (χ2n) is 5.86. The van der Waals surface area contributed by atoms with E-state index in [1.165, 1.54) is 0 Å². The minimum Gasteiger partial charge on any atom is -0.496 e. The average molecular weight is 458 g/mol. The smallest absolute Gasteiger partial charge is 0.244 e. The molecule has 2 aromatic rings. The monoisotopic (exact) mass is 457 g/mol. The Labute approximate surface area is 166 Å². The maximum atomic E-state index is 13.3. The quantitative estimate of drug-likeness (QED) is 0.672. The van der Waals surface area contributed by atoms with E-state index in [4.69, 9.17) is 9.47 Å². The zero-order valence-electron chi connectivity index (χ0n) is 14.7. The molecule has 1 saturated heterocycles. The van der Waals surface area contributed by atoms with Gasteiger partial charge in [-0.2, -0.15) is 4.31 Å². The summed E-state index contributed by atoms with van der Waals surface area (Å²) in [6, 6.07) is 10.6. The van der Waals surface area contributed by atoms with Crippen LogP contribution in [-0.4, -0.2) is 39.2 Å². The minimum atomic E-state index is -3.64. The number of nitrogens with zero attached hydrogens (tertiary/aromatic N) is 1. The Hall–Kier alpha value is -1.22. The fourth-order valence-corrected chi connectivity index (χ4v) is 6.70. The first-order valence-corrected chi connectivity index (χ1v) is 11.3. The SMILES string of the molecule is COc1ccc(S(=O)(=O)N2CCS[C@@H]2c2cc(Br)ccc2OC)cc1C. The van der Waals surface area contributed by atoms with Gasteiger partial charge in [-0.25, -0.2) is 8.42 Å². The van der Waals surface area contributed by atoms with Gasteiger partial charge in [0.25, 0.3) is 0 Å². The number of rotatable bonds is 5. The van der Waals surface area contributed by atoms with Gasteiger partial charge in [0.1, 0.15) is 11.5 Å². The van der Waals surface area contributed by atoms with Gasteiger partial charge < -0.3 is 9.47 Å². The van der Waals surface area contributed by atoms with E-state index in [2.05, 4.69) is 15.9 Å². The van der Waals surface area contributed by atoms with Crippen LogP contribution in [0.3, 0.4) is 0 Å². The summed E-state index contributed by atoms with van der Waals surface area (Å²) in [5, 5.41) is -0.324. The number of benzene rings is 2. The molecule has 140 valence electrons. The molecule has 0 amide bonds. The van der Waals surface area contributed by atoms with Crippen molar-refractivity contribution < 1.29 is 17.9 Å². The van der Waals surface area contributed by atoms with Crippen LogP contribution < -0.4 is 9.47 Å². The van der Waals surface area contributed by atoms with Crippen molar-refractivity contribution >= 4 is 37.7 Å². The number of hydrogen-bond donors (Lipinski definition) is 0. The van der Waals surface area contributed by atoms with Gasteiger partial charge in [0.05, 0.1) is 24.5 Å². The Morgan fingerprint density at radius 3 is 2.46 bits per heavy atom. The van der Waals surface area contributed by atoms with Gasteiger partial charge in [-0.15, -0.1) is 11.8 Å². The summed E-state index contributed by atoms with van der Waals surface area (Å²) in [4.78, 5) is 0.275. The van der Waals surface area contributed by atoms with Crippen LogP contribution in [0.5, 0.6) is 11.5 Å². The number of thioether (sulfide) groups is 1. The standard InChI is InChI=1S/C18H20BrNO4S2/c1-12-10-14(5-7-16(12)23-2)26(21,22)20-8-9-25-18(20)15-11-13(19)4-6-17(15)24-3/h4-7,10-11,18H,8-9H2,1-3H3/t18-/m1/s1. The summed E-state index contributed by atoms with van der Waals surface area (Å²) in [7, 11) is -0.467. The van der Waals surface area contributed by atoms with Gasteiger partial charge in [-0.3, -0.25) is 0 Å². The molecule has 0 aliphatic carbocycles. The zero-order chi connectivity index (χ0) is 18.9. The number of aryl methyl sites for hydroxylation is 1. The van der Waals surface area contributed by atoms with Crippen LogP contribution in [0, 0.1) is 6.92 Å². The lowest BCUT2D eigenvalue weighted by Crippen LogP contribution is -2.30. The van der Waals surface area contributed by atoms with Crippen molar-refractivity contribution in [2.24, 2.45) is 0 Å². The number of sulfonamides is 1. The first kappa shape index (κ1) is 19.5. The predicted molar refractivity (Wildman–Crippen MR) is 108 cm³/mol. The summed E-state index contributed by atoms with van der Waals surface area (Å²) < 4.78 is 39.7. The van der Waals surface area contributed by atoms with Crippen LogP contribution in [0.4, 0.5) is 0 Å². The fourth-order valence-electron chi connectivity index (χ4n) is 2.99. The van der Waals surface area contributed by atoms with Crippen molar-refractivity contribution in [2.75, 3.05) is 26.5 Å². The lowest BCUT2D eigenvalue weighted by atomic mass is 10.2. The maximum Gasteiger partial charge on any atom is 0.244 e. The van der Waals surface area contributed by atoms with Gasteiger partial charge >= 0.3 is 0 Å². The normalized spacial score (nSPS) is 18.1. The van der Waals surface area contributed by atoms with Crippen LogP contribution in [0.1, 0.15) is 16.5 Å². The Balaban J connectivity index is 2.02. The van der Waals surface area contributed by atoms with Crippen LogP contribution in [0.25, 0.3) is 0 Å². The second kappa shape index (κ2) is 7.80. The zero-order valence-corrected chi connectivity index (χ0v) is 17.9. The van der Waals surface area contributed by atoms with Crippen molar-refractivity contribution in [3.05, 3.63) is 52.0 Å². The van der Waals surface area contributed by atoms with Crippen molar-refractivity contribution in [2.45, 2.75) is 17.2 Å². The molecule has 0 bridgehead atoms. The van der Waals surface area contributed by atoms with Crippen molar-refractivity contribution in [1.82, 2.24) is 4.31 Å². The van der Waals surface area contributed by atoms with Gasteiger partial charge in [0.2, 0.25) is 10.0 Å². The van der Waals surface area contributed by atoms with Crippen LogP contribution in [0.2, 0.25) is 0 Å². The molecule has 1 aliphatic rings. The van der Waals surface area contributed by atoms with E-state index in [0.29, 0.717) is 18.0 Å². The first-order valence-electron chi connectivity index (χ1n) is 8.00. The van der Waals surface area contributed by atoms with E-state index < -0.39 is 10.0 Å². The molecule has 2 aromatic carbocycles. The Morgan fingerprint density at radius 1 is 1.12 bits per heavy atom. The summed E-state index contributed by atoms with van der Waals surface area (Å²) in [6.07, 6.45) is 0. The highest BCUT2D eigenvalue weighted by atomic mass is 79.9. The van der Waals surface area contributed by atoms with E-state index in [1.54, 1.807) is 48.5 Å². The van der Waals surface area contributed by atoms with Gasteiger partial charge in [-0.05, 0) is 48.9 Å². The van der Waals surface area contributed by atoms with E-state index in [1.807, 2.05) is 25.1 Å². The van der Waals surface area contributed by atoms with Crippen LogP contribution in [0.15, 0.2) is 45.8 Å². The summed E-state index contributed by atoms with van der Waals surface area (Å²) in [5.41, 5.74) is 1.63. The molecule has 0 radical (unpaired) electrons. The molecule has 1 heterocycles. The minimum absolute atomic E-state index is 0.275. The van der Waals surface area contributed by atoms with Gasteiger partial charge in [0, 0.05) is 22.3 Å². The van der Waals surface area contributed by atoms with Gasteiger partial charge in [-0.1, -0.05) is 15.9 Å². The molecule has 1 fully saturated rings. The summed E-state index contributed by atoms with van der Waals surface area (Å²) in [6.45, 7) is 2.30. The van der Waals surface area contributed by atoms with Crippen molar-refractivity contribution in [3.8, 4) is 11.5 Å². The third kappa shape index (κ3) is 3.60. The first-order chi connectivity index (χ1) is 12.4. The molecule has 0 spiro atoms. The Kier molecular flexibility index (Phi) is 5.86. The third-order valence-electron chi connectivity index (χ3n) is 4.28. The third-order valence-corrected chi connectivity index (χ3v) is 8.01. The predicted octanol–water partition coefficient (Wildman–Crippen LogP) is 4.21. The second-order valence-corrected chi connectivity index (χ2v) is 9.85. The highest BCUT2D eigenvalue weighted by molar-refractivity contribution is 9.10. The Bertz CT molecular complexity index is 917. The van der Waals surface area contributed by atoms with E-state index >= 15 is 0 Å². The highest BCUT2D eigenvalue weighted by Gasteiger charge is 2.38. The molecule has 3 rings (SSSR count). The molecule has 8 heteroatoms. The fraction of sp³-hybridized carbons (Fsp3) is 0.333. The number of ether oxygens (including phenoxy) is 2. The van der Waals surface area contributed by atoms with Crippen LogP contribution in [-0.2, 0) is 10.0 Å². The topological polar surface area (TPSA) is 55.8 Å². The molecule has 1 atom stereocenters. The molecule has 5 nitrogen and oxygen atoms in total. The van der Waals surface area contributed by atoms with Crippen molar-refractivity contribution in [1.29, 1.82) is 0 Å². The lowest BCUT2D eigenvalue weighted by molar-refractivity contribution is 0.390. The molecule has 1 aliphatic heterocycles. The molecular formula is C18H20BrNO4S2. The highest BCUT2D eigenvalue weighted by Crippen LogP contribution is 2.45. The van der Waals surface area contributed by atoms with Crippen LogP contribution >= 0.6 is 27.7 Å². The molecule has 0 aromatic heterocycles. The molecule has 0 saturated carbocycles. The summed E-state index contributed by atoms with van der Waals surface area (Å²) >= 11 is 5.06. The number of methoxy groups -OCH3 is 2. The average Bonchev–Trinajstić information content (AvgIpc) is 3.12. The molecule has 0 N–H and O–H groups in total. The lowest BCUT2D eigenvalue weighted by Gasteiger charge is -2.25. The Morgan fingerprint density at radius 2 is 1.81 bits per heavy atom. The van der Waals surface area contributed by atoms with E-state index in [-0.39, 0.29) is 10.3 Å². The number of hydrogen-bond acceptors (Lipinski definition) is 5. The molecular weight excluding hydrogens is 438 g/mol. The van der Waals surface area contributed by atoms with Gasteiger partial charge in [0.15, 0.2) is 0 Å². The maximum absolute atomic E-state index is 13.3.